The van der Waals surface area contributed by atoms with Gasteiger partial charge in [0.25, 0.3) is 0 Å². The summed E-state index contributed by atoms with van der Waals surface area (Å²) in [5.74, 6) is 2.69. The van der Waals surface area contributed by atoms with E-state index in [1.165, 1.54) is 44.7 Å². The van der Waals surface area contributed by atoms with Crippen molar-refractivity contribution in [3.63, 3.8) is 0 Å². The van der Waals surface area contributed by atoms with Gasteiger partial charge in [-0.2, -0.15) is 0 Å². The van der Waals surface area contributed by atoms with Crippen molar-refractivity contribution in [3.8, 4) is 57.2 Å². The normalized spacial score (nSPS) is 12.3. The molecule has 5 aromatic heterocycles. The van der Waals surface area contributed by atoms with Gasteiger partial charge in [0.05, 0.1) is 104 Å². The molecule has 0 spiro atoms. The Labute approximate surface area is 905 Å². The van der Waals surface area contributed by atoms with Gasteiger partial charge in [-0.15, -0.1) is 25.5 Å². The van der Waals surface area contributed by atoms with Crippen LogP contribution < -0.4 is 23.7 Å². The number of nitrogens with zero attached hydrogens (tertiary/aromatic N) is 15. The average Bonchev–Trinajstić information content (AvgIpc) is 1.62. The fourth-order valence-corrected chi connectivity index (χ4v) is 23.7. The maximum atomic E-state index is 13.3. The van der Waals surface area contributed by atoms with Gasteiger partial charge in [0, 0.05) is 25.6 Å². The van der Waals surface area contributed by atoms with Crippen molar-refractivity contribution in [2.24, 2.45) is 0 Å². The van der Waals surface area contributed by atoms with Crippen LogP contribution in [-0.2, 0) is 82.7 Å². The van der Waals surface area contributed by atoms with Gasteiger partial charge in [0.2, 0.25) is 74.3 Å². The van der Waals surface area contributed by atoms with E-state index in [-0.39, 0.29) is 82.6 Å². The van der Waals surface area contributed by atoms with Gasteiger partial charge < -0.3 is 23.7 Å². The Hall–Kier alpha value is -11.1. The first-order valence-electron chi connectivity index (χ1n) is 46.3. The Morgan fingerprint density at radius 3 is 0.736 bits per heavy atom. The Morgan fingerprint density at radius 2 is 0.493 bits per heavy atom. The molecule has 0 unspecified atom stereocenters. The van der Waals surface area contributed by atoms with Crippen LogP contribution >= 0.6 is 85.5 Å². The second-order valence-electron chi connectivity index (χ2n) is 40.2. The molecule has 0 aliphatic heterocycles. The molecule has 42 heteroatoms. The second-order valence-corrected chi connectivity index (χ2v) is 52.8. The topological polar surface area (TPSA) is 370 Å². The summed E-state index contributed by atoms with van der Waals surface area (Å²) in [6, 6.07) is 51.3. The third-order valence-electron chi connectivity index (χ3n) is 24.4. The van der Waals surface area contributed by atoms with Gasteiger partial charge in [-0.3, -0.25) is 0 Å². The van der Waals surface area contributed by atoms with E-state index in [9.17, 15) is 42.1 Å². The van der Waals surface area contributed by atoms with Crippen LogP contribution in [0.25, 0.3) is 28.4 Å². The number of aryl methyl sites for hydroxylation is 2. The fourth-order valence-electron chi connectivity index (χ4n) is 15.4. The third kappa shape index (κ3) is 25.2. The summed E-state index contributed by atoms with van der Waals surface area (Å²) in [5.41, 5.74) is 12.0. The molecule has 0 saturated carbocycles. The molecule has 0 fully saturated rings. The summed E-state index contributed by atoms with van der Waals surface area (Å²) in [7, 11) is -11.6. The van der Waals surface area contributed by atoms with Gasteiger partial charge in [0.15, 0.2) is 0 Å². The number of benzene rings is 10. The summed E-state index contributed by atoms with van der Waals surface area (Å²) in [4.78, 5) is 0.852. The van der Waals surface area contributed by atoms with Crippen molar-refractivity contribution in [1.29, 1.82) is 0 Å². The van der Waals surface area contributed by atoms with Crippen molar-refractivity contribution in [3.05, 3.63) is 290 Å². The Morgan fingerprint density at radius 1 is 0.284 bits per heavy atom. The van der Waals surface area contributed by atoms with Crippen LogP contribution in [0.1, 0.15) is 204 Å². The van der Waals surface area contributed by atoms with E-state index in [4.69, 9.17) is 93.3 Å². The highest BCUT2D eigenvalue weighted by Crippen LogP contribution is 2.43. The number of sulfone groups is 5. The zero-order chi connectivity index (χ0) is 110. The van der Waals surface area contributed by atoms with Crippen LogP contribution in [0.3, 0.4) is 0 Å². The summed E-state index contributed by atoms with van der Waals surface area (Å²) < 4.78 is 167. The molecule has 0 amide bonds. The van der Waals surface area contributed by atoms with Crippen molar-refractivity contribution in [2.75, 3.05) is 35.5 Å². The molecule has 30 nitrogen and oxygen atoms in total. The minimum Gasteiger partial charge on any atom is -0.494 e. The van der Waals surface area contributed by atoms with Gasteiger partial charge in [0.1, 0.15) is 57.2 Å². The first-order chi connectivity index (χ1) is 68.8. The molecular weight excluding hydrogens is 2180 g/mol. The Balaban J connectivity index is 0.000000176. The van der Waals surface area contributed by atoms with Crippen LogP contribution in [0.15, 0.2) is 236 Å². The number of ether oxygens (including phenoxy) is 5. The fraction of sp³-hybridized carbons (Fsp3) is 0.340. The number of rotatable bonds is 22. The first kappa shape index (κ1) is 117. The minimum atomic E-state index is -3.85. The zero-order valence-corrected chi connectivity index (χ0v) is 97.8. The number of hydrogen-bond acceptors (Lipinski definition) is 25. The molecule has 15 aromatic rings. The molecule has 0 radical (unpaired) electrons. The van der Waals surface area contributed by atoms with Gasteiger partial charge in [-0.05, 0) is 257 Å². The molecule has 0 aliphatic rings. The van der Waals surface area contributed by atoms with Crippen LogP contribution in [0.2, 0.25) is 30.1 Å². The van der Waals surface area contributed by atoms with Crippen molar-refractivity contribution in [2.45, 2.75) is 255 Å². The summed E-state index contributed by atoms with van der Waals surface area (Å²) in [6.07, 6.45) is 0.746. The van der Waals surface area contributed by atoms with Gasteiger partial charge in [-0.25, -0.2) is 65.5 Å². The molecule has 0 saturated heterocycles. The van der Waals surface area contributed by atoms with Crippen molar-refractivity contribution in [1.82, 2.24) is 75.0 Å². The summed E-state index contributed by atoms with van der Waals surface area (Å²) in [5, 5.41) is 42.3. The number of hydrogen-bond donors (Lipinski definition) is 0. The van der Waals surface area contributed by atoms with E-state index < -0.39 is 49.2 Å². The molecule has 788 valence electrons. The molecule has 10 aromatic carbocycles. The Kier molecular flexibility index (Phi) is 36.1. The van der Waals surface area contributed by atoms with Crippen LogP contribution in [0.4, 0.5) is 0 Å². The van der Waals surface area contributed by atoms with Crippen molar-refractivity contribution < 1.29 is 65.8 Å². The zero-order valence-electron chi connectivity index (χ0n) is 87.6. The molecule has 0 atom stereocenters. The van der Waals surface area contributed by atoms with E-state index >= 15 is 0 Å². The second kappa shape index (κ2) is 45.6. The van der Waals surface area contributed by atoms with Gasteiger partial charge >= 0.3 is 0 Å². The standard InChI is InChI=1S/C23H28ClN3O3S.C22H26ClN3O3S.C21H24ClN3O3S.C20H21BrClN3O3S.C20H21Cl2N3O3S/c1-14(2)18-12-21(30-7)20(13-19(18)24)27-15(3)22(25-26-27)31(28,29)17-10-8-16(9-11-17)23(4,5)6;1-7-15-12-20(29-6)19(13-18(15)23)26-14(2)21(24-25-26)30(27,28)17-10-8-16(9-11-17)22(3,4)5;1-13-11-19(28-6)18(12-17(13)22)25-14(2)20(23-24-25)29(26,27)16-9-7-15(8-10-16)21(3,4)5;1-12-19(29(26,27)14-8-6-13(7-9-14)20(2,3)4)23-24-25(12)17-11-16(22)15(21)10-18(17)28-5;1-12-19(29(26,27)14-8-6-13(7-9-14)20(2,3)4)23-24-25(12)17-10-15(21)16(22)11-18(17)28-5/h8-14H,1-7H3;8-13H,7H2,1-6H3;7-12H,1-6H3;2*6-11H,1-5H3. The van der Waals surface area contributed by atoms with E-state index in [1.54, 1.807) is 158 Å². The first-order valence-corrected chi connectivity index (χ1v) is 56.8. The van der Waals surface area contributed by atoms with Crippen LogP contribution in [0, 0.1) is 41.5 Å². The molecule has 148 heavy (non-hydrogen) atoms. The maximum absolute atomic E-state index is 13.3. The summed E-state index contributed by atoms with van der Waals surface area (Å²) >= 11 is 40.8. The highest BCUT2D eigenvalue weighted by atomic mass is 79.9. The van der Waals surface area contributed by atoms with Crippen molar-refractivity contribution >= 4 is 135 Å². The predicted octanol–water partition coefficient (Wildman–Crippen LogP) is 25.3. The lowest BCUT2D eigenvalue weighted by Crippen LogP contribution is -2.12. The number of aromatic nitrogens is 15. The summed E-state index contributed by atoms with van der Waals surface area (Å²) in [6.45, 7) is 47.3. The van der Waals surface area contributed by atoms with Gasteiger partial charge in [-0.1, -0.05) is 281 Å². The quantitative estimate of drug-likeness (QED) is 0.0608. The Bertz CT molecular complexity index is 7630. The number of halogens is 7. The monoisotopic (exact) mass is 2290 g/mol. The smallest absolute Gasteiger partial charge is 0.227 e. The van der Waals surface area contributed by atoms with E-state index in [0.717, 1.165) is 50.9 Å². The molecule has 15 rings (SSSR count). The molecule has 0 N–H and O–H groups in total. The lowest BCUT2D eigenvalue weighted by Gasteiger charge is -2.19. The molecular formula is C106H120BrCl6N15O15S5. The van der Waals surface area contributed by atoms with E-state index in [0.29, 0.717) is 120 Å². The largest absolute Gasteiger partial charge is 0.494 e. The highest BCUT2D eigenvalue weighted by Gasteiger charge is 2.36. The van der Waals surface area contributed by atoms with Crippen LogP contribution in [0.5, 0.6) is 28.7 Å². The maximum Gasteiger partial charge on any atom is 0.227 e. The third-order valence-corrected chi connectivity index (χ3v) is 36.3. The average molecular weight is 2300 g/mol. The molecule has 0 bridgehead atoms. The molecule has 5 heterocycles. The van der Waals surface area contributed by atoms with E-state index in [2.05, 4.69) is 171 Å². The van der Waals surface area contributed by atoms with Crippen LogP contribution in [-0.4, -0.2) is 153 Å². The minimum absolute atomic E-state index is 0.0669. The molecule has 0 aliphatic carbocycles. The highest BCUT2D eigenvalue weighted by molar-refractivity contribution is 9.10. The number of methoxy groups -OCH3 is 5. The van der Waals surface area contributed by atoms with E-state index in [1.807, 2.05) is 100 Å². The predicted molar refractivity (Wildman–Crippen MR) is 582 cm³/mol. The lowest BCUT2D eigenvalue weighted by atomic mass is 9.87. The lowest BCUT2D eigenvalue weighted by molar-refractivity contribution is 0.410. The SMILES string of the molecule is CCc1cc(OC)c(-n2nnc(S(=O)(=O)c3ccc(C(C)(C)C)cc3)c2C)cc1Cl.COc1cc(Br)c(Cl)cc1-n1nnc(S(=O)(=O)c2ccc(C(C)(C)C)cc2)c1C.COc1cc(C(C)C)c(Cl)cc1-n1nnc(S(=O)(=O)c2ccc(C(C)(C)C)cc2)c1C.COc1cc(C)c(Cl)cc1-n1nnc(S(=O)(=O)c2ccc(C(C)(C)C)cc2)c1C.COc1cc(Cl)c(Cl)cc1-n1nnc(S(=O)(=O)c2ccc(C(C)(C)C)cc2)c1C.